The van der Waals surface area contributed by atoms with E-state index in [-0.39, 0.29) is 18.0 Å². The molecule has 0 radical (unpaired) electrons. The van der Waals surface area contributed by atoms with Crippen molar-refractivity contribution in [3.05, 3.63) is 0 Å². The molecular weight excluding hydrogens is 242 g/mol. The SMILES string of the molecule is CCOC(=O)C(N)(COC1CCCC(C)C1)C1CC1. The Kier molecular flexibility index (Phi) is 4.85. The van der Waals surface area contributed by atoms with Gasteiger partial charge in [-0.05, 0) is 44.4 Å². The number of hydrogen-bond acceptors (Lipinski definition) is 4. The van der Waals surface area contributed by atoms with E-state index in [1.807, 2.05) is 6.92 Å². The van der Waals surface area contributed by atoms with Crippen LogP contribution >= 0.6 is 0 Å². The van der Waals surface area contributed by atoms with Crippen LogP contribution < -0.4 is 5.73 Å². The lowest BCUT2D eigenvalue weighted by Gasteiger charge is -2.32. The van der Waals surface area contributed by atoms with Gasteiger partial charge in [0.2, 0.25) is 0 Å². The number of rotatable bonds is 6. The minimum Gasteiger partial charge on any atom is -0.465 e. The van der Waals surface area contributed by atoms with Crippen LogP contribution in [0.1, 0.15) is 52.4 Å². The van der Waals surface area contributed by atoms with Gasteiger partial charge in [-0.3, -0.25) is 0 Å². The van der Waals surface area contributed by atoms with Crippen LogP contribution in [0.15, 0.2) is 0 Å². The van der Waals surface area contributed by atoms with Gasteiger partial charge < -0.3 is 15.2 Å². The number of ether oxygens (including phenoxy) is 2. The Morgan fingerprint density at radius 3 is 2.63 bits per heavy atom. The molecule has 2 N–H and O–H groups in total. The minimum absolute atomic E-state index is 0.243. The lowest BCUT2D eigenvalue weighted by molar-refractivity contribution is -0.155. The van der Waals surface area contributed by atoms with Crippen molar-refractivity contribution in [1.82, 2.24) is 0 Å². The highest BCUT2D eigenvalue weighted by Gasteiger charge is 2.49. The molecule has 4 heteroatoms. The average molecular weight is 269 g/mol. The Labute approximate surface area is 116 Å². The van der Waals surface area contributed by atoms with Crippen molar-refractivity contribution in [3.63, 3.8) is 0 Å². The van der Waals surface area contributed by atoms with Crippen molar-refractivity contribution >= 4 is 5.97 Å². The standard InChI is InChI=1S/C15H27NO3/c1-3-18-14(17)15(16,12-7-8-12)10-19-13-6-4-5-11(2)9-13/h11-13H,3-10,16H2,1-2H3. The minimum atomic E-state index is -0.920. The van der Waals surface area contributed by atoms with E-state index in [1.165, 1.54) is 12.8 Å². The Morgan fingerprint density at radius 1 is 1.32 bits per heavy atom. The summed E-state index contributed by atoms with van der Waals surface area (Å²) in [5, 5.41) is 0. The molecule has 0 saturated heterocycles. The molecule has 0 aliphatic heterocycles. The van der Waals surface area contributed by atoms with Crippen LogP contribution in [0.25, 0.3) is 0 Å². The first-order valence-electron chi connectivity index (χ1n) is 7.64. The van der Waals surface area contributed by atoms with E-state index in [1.54, 1.807) is 0 Å². The van der Waals surface area contributed by atoms with Crippen LogP contribution in [0.5, 0.6) is 0 Å². The third-order valence-electron chi connectivity index (χ3n) is 4.41. The molecule has 110 valence electrons. The highest BCUT2D eigenvalue weighted by Crippen LogP contribution is 2.40. The summed E-state index contributed by atoms with van der Waals surface area (Å²) in [4.78, 5) is 12.1. The molecule has 4 nitrogen and oxygen atoms in total. The summed E-state index contributed by atoms with van der Waals surface area (Å²) in [6.45, 7) is 4.77. The molecule has 3 unspecified atom stereocenters. The van der Waals surface area contributed by atoms with E-state index in [4.69, 9.17) is 15.2 Å². The molecule has 2 aliphatic carbocycles. The Bertz CT molecular complexity index is 317. The van der Waals surface area contributed by atoms with E-state index in [0.717, 1.165) is 31.6 Å². The summed E-state index contributed by atoms with van der Waals surface area (Å²) < 4.78 is 11.1. The highest BCUT2D eigenvalue weighted by molar-refractivity contribution is 5.81. The third kappa shape index (κ3) is 3.69. The molecule has 3 atom stereocenters. The van der Waals surface area contributed by atoms with Gasteiger partial charge >= 0.3 is 5.97 Å². The lowest BCUT2D eigenvalue weighted by Crippen LogP contribution is -2.55. The molecule has 0 aromatic carbocycles. The van der Waals surface area contributed by atoms with Gasteiger partial charge in [-0.15, -0.1) is 0 Å². The summed E-state index contributed by atoms with van der Waals surface area (Å²) in [5.41, 5.74) is 5.37. The van der Waals surface area contributed by atoms with Gasteiger partial charge in [0.25, 0.3) is 0 Å². The maximum Gasteiger partial charge on any atom is 0.328 e. The summed E-state index contributed by atoms with van der Waals surface area (Å²) in [6.07, 6.45) is 6.97. The van der Waals surface area contributed by atoms with Crippen LogP contribution in [0.2, 0.25) is 0 Å². The summed E-state index contributed by atoms with van der Waals surface area (Å²) >= 11 is 0. The molecule has 0 bridgehead atoms. The van der Waals surface area contributed by atoms with Crippen LogP contribution in [0.4, 0.5) is 0 Å². The fraction of sp³-hybridized carbons (Fsp3) is 0.933. The highest BCUT2D eigenvalue weighted by atomic mass is 16.5. The summed E-state index contributed by atoms with van der Waals surface area (Å²) in [6, 6.07) is 0. The van der Waals surface area contributed by atoms with Crippen molar-refractivity contribution in [1.29, 1.82) is 0 Å². The Hall–Kier alpha value is -0.610. The molecular formula is C15H27NO3. The van der Waals surface area contributed by atoms with Gasteiger partial charge in [0, 0.05) is 0 Å². The van der Waals surface area contributed by atoms with Crippen molar-refractivity contribution in [2.45, 2.75) is 64.0 Å². The molecule has 0 amide bonds. The van der Waals surface area contributed by atoms with Crippen molar-refractivity contribution in [2.24, 2.45) is 17.6 Å². The van der Waals surface area contributed by atoms with Gasteiger partial charge in [-0.1, -0.05) is 19.8 Å². The molecule has 0 heterocycles. The van der Waals surface area contributed by atoms with Crippen molar-refractivity contribution < 1.29 is 14.3 Å². The maximum atomic E-state index is 12.1. The van der Waals surface area contributed by atoms with E-state index >= 15 is 0 Å². The van der Waals surface area contributed by atoms with E-state index in [2.05, 4.69) is 6.92 Å². The molecule has 2 fully saturated rings. The number of esters is 1. The van der Waals surface area contributed by atoms with Crippen molar-refractivity contribution in [3.8, 4) is 0 Å². The first kappa shape index (κ1) is 14.8. The fourth-order valence-corrected chi connectivity index (χ4v) is 2.99. The zero-order valence-electron chi connectivity index (χ0n) is 12.2. The second kappa shape index (κ2) is 6.23. The first-order chi connectivity index (χ1) is 9.06. The number of carbonyl (C=O) groups is 1. The normalized spacial score (nSPS) is 30.7. The van der Waals surface area contributed by atoms with Gasteiger partial charge in [0.1, 0.15) is 5.54 Å². The van der Waals surface area contributed by atoms with E-state index < -0.39 is 5.54 Å². The van der Waals surface area contributed by atoms with Crippen molar-refractivity contribution in [2.75, 3.05) is 13.2 Å². The predicted octanol–water partition coefficient (Wildman–Crippen LogP) is 2.25. The molecule has 2 rings (SSSR count). The monoisotopic (exact) mass is 269 g/mol. The Morgan fingerprint density at radius 2 is 2.05 bits per heavy atom. The van der Waals surface area contributed by atoms with E-state index in [9.17, 15) is 4.79 Å². The maximum absolute atomic E-state index is 12.1. The quantitative estimate of drug-likeness (QED) is 0.751. The molecule has 19 heavy (non-hydrogen) atoms. The third-order valence-corrected chi connectivity index (χ3v) is 4.41. The average Bonchev–Trinajstić information content (AvgIpc) is 3.21. The lowest BCUT2D eigenvalue weighted by atomic mass is 9.88. The molecule has 2 saturated carbocycles. The van der Waals surface area contributed by atoms with Gasteiger partial charge in [-0.25, -0.2) is 4.79 Å². The summed E-state index contributed by atoms with van der Waals surface area (Å²) in [5.74, 6) is 0.670. The smallest absolute Gasteiger partial charge is 0.328 e. The number of nitrogens with two attached hydrogens (primary N) is 1. The van der Waals surface area contributed by atoms with Crippen LogP contribution in [0.3, 0.4) is 0 Å². The van der Waals surface area contributed by atoms with Crippen LogP contribution in [-0.4, -0.2) is 30.8 Å². The van der Waals surface area contributed by atoms with Crippen LogP contribution in [-0.2, 0) is 14.3 Å². The van der Waals surface area contributed by atoms with Gasteiger partial charge in [0.05, 0.1) is 19.3 Å². The molecule has 0 aromatic heterocycles. The molecule has 0 spiro atoms. The van der Waals surface area contributed by atoms with Crippen LogP contribution in [0, 0.1) is 11.8 Å². The first-order valence-corrected chi connectivity index (χ1v) is 7.64. The summed E-state index contributed by atoms with van der Waals surface area (Å²) in [7, 11) is 0. The molecule has 2 aliphatic rings. The fourth-order valence-electron chi connectivity index (χ4n) is 2.99. The Balaban J connectivity index is 1.88. The zero-order valence-corrected chi connectivity index (χ0v) is 12.2. The predicted molar refractivity (Wildman–Crippen MR) is 73.6 cm³/mol. The topological polar surface area (TPSA) is 61.5 Å². The zero-order chi connectivity index (χ0) is 13.9. The largest absolute Gasteiger partial charge is 0.465 e. The van der Waals surface area contributed by atoms with Gasteiger partial charge in [-0.2, -0.15) is 0 Å². The second-order valence-corrected chi connectivity index (χ2v) is 6.24. The number of carbonyl (C=O) groups excluding carboxylic acids is 1. The van der Waals surface area contributed by atoms with Gasteiger partial charge in [0.15, 0.2) is 0 Å². The van der Waals surface area contributed by atoms with E-state index in [0.29, 0.717) is 13.2 Å². The molecule has 0 aromatic rings. The number of hydrogen-bond donors (Lipinski definition) is 1. The second-order valence-electron chi connectivity index (χ2n) is 6.24.